The van der Waals surface area contributed by atoms with E-state index < -0.39 is 10.0 Å². The zero-order valence-corrected chi connectivity index (χ0v) is 16.4. The van der Waals surface area contributed by atoms with E-state index in [4.69, 9.17) is 0 Å². The molecule has 1 fully saturated rings. The number of piperidine rings is 1. The van der Waals surface area contributed by atoms with Crippen molar-refractivity contribution in [2.75, 3.05) is 19.3 Å². The molecule has 27 heavy (non-hydrogen) atoms. The Morgan fingerprint density at radius 1 is 1.04 bits per heavy atom. The van der Waals surface area contributed by atoms with Crippen LogP contribution >= 0.6 is 0 Å². The summed E-state index contributed by atoms with van der Waals surface area (Å²) in [7, 11) is -3.18. The summed E-state index contributed by atoms with van der Waals surface area (Å²) in [5.41, 5.74) is 2.24. The largest absolute Gasteiger partial charge is 0.349 e. The molecule has 2 aromatic carbocycles. The van der Waals surface area contributed by atoms with Crippen molar-refractivity contribution < 1.29 is 13.2 Å². The van der Waals surface area contributed by atoms with Crippen LogP contribution in [0.4, 0.5) is 0 Å². The highest BCUT2D eigenvalue weighted by molar-refractivity contribution is 7.88. The lowest BCUT2D eigenvalue weighted by atomic mass is 9.94. The van der Waals surface area contributed by atoms with Crippen molar-refractivity contribution in [3.63, 3.8) is 0 Å². The van der Waals surface area contributed by atoms with Gasteiger partial charge in [-0.25, -0.2) is 12.7 Å². The third-order valence-corrected chi connectivity index (χ3v) is 6.40. The van der Waals surface area contributed by atoms with E-state index in [0.717, 1.165) is 12.0 Å². The topological polar surface area (TPSA) is 66.5 Å². The van der Waals surface area contributed by atoms with Gasteiger partial charge in [0, 0.05) is 19.0 Å². The van der Waals surface area contributed by atoms with Gasteiger partial charge < -0.3 is 5.32 Å². The van der Waals surface area contributed by atoms with Crippen molar-refractivity contribution in [2.24, 2.45) is 5.92 Å². The standard InChI is InChI=1S/C21H26N2O3S/c1-27(25,26)23-14-12-19(13-15-23)21(24)22-20(18-10-6-3-7-11-18)16-17-8-4-2-5-9-17/h2-11,19-20H,12-16H2,1H3,(H,22,24)/t20-/m1/s1. The normalized spacial score (nSPS) is 17.4. The number of nitrogens with zero attached hydrogens (tertiary/aromatic N) is 1. The zero-order chi connectivity index (χ0) is 19.3. The minimum absolute atomic E-state index is 0.00735. The monoisotopic (exact) mass is 386 g/mol. The number of hydrogen-bond acceptors (Lipinski definition) is 3. The number of sulfonamides is 1. The SMILES string of the molecule is CS(=O)(=O)N1CCC(C(=O)N[C@H](Cc2ccccc2)c2ccccc2)CC1. The zero-order valence-electron chi connectivity index (χ0n) is 15.5. The summed E-state index contributed by atoms with van der Waals surface area (Å²) in [4.78, 5) is 12.8. The van der Waals surface area contributed by atoms with Gasteiger partial charge in [0.05, 0.1) is 12.3 Å². The van der Waals surface area contributed by atoms with Gasteiger partial charge in [0.1, 0.15) is 0 Å². The predicted molar refractivity (Wildman–Crippen MR) is 107 cm³/mol. The lowest BCUT2D eigenvalue weighted by Crippen LogP contribution is -2.43. The Morgan fingerprint density at radius 2 is 1.59 bits per heavy atom. The smallest absolute Gasteiger partial charge is 0.223 e. The van der Waals surface area contributed by atoms with Crippen LogP contribution in [0.25, 0.3) is 0 Å². The quantitative estimate of drug-likeness (QED) is 0.830. The van der Waals surface area contributed by atoms with E-state index in [2.05, 4.69) is 17.4 Å². The Hall–Kier alpha value is -2.18. The van der Waals surface area contributed by atoms with E-state index in [0.29, 0.717) is 25.9 Å². The first-order valence-electron chi connectivity index (χ1n) is 9.28. The van der Waals surface area contributed by atoms with Crippen LogP contribution in [0.2, 0.25) is 0 Å². The molecule has 0 saturated carbocycles. The molecule has 0 aliphatic carbocycles. The molecule has 2 aromatic rings. The van der Waals surface area contributed by atoms with Gasteiger partial charge in [-0.2, -0.15) is 0 Å². The van der Waals surface area contributed by atoms with Gasteiger partial charge in [-0.1, -0.05) is 60.7 Å². The first kappa shape index (κ1) is 19.6. The van der Waals surface area contributed by atoms with Crippen molar-refractivity contribution in [3.05, 3.63) is 71.8 Å². The lowest BCUT2D eigenvalue weighted by Gasteiger charge is -2.30. The molecule has 1 atom stereocenters. The van der Waals surface area contributed by atoms with Crippen molar-refractivity contribution >= 4 is 15.9 Å². The average molecular weight is 387 g/mol. The summed E-state index contributed by atoms with van der Waals surface area (Å²) in [5.74, 6) is -0.141. The fourth-order valence-electron chi connectivity index (χ4n) is 3.53. The Balaban J connectivity index is 1.68. The van der Waals surface area contributed by atoms with Crippen LogP contribution in [0.15, 0.2) is 60.7 Å². The summed E-state index contributed by atoms with van der Waals surface area (Å²) >= 11 is 0. The average Bonchev–Trinajstić information content (AvgIpc) is 2.68. The van der Waals surface area contributed by atoms with Gasteiger partial charge in [-0.15, -0.1) is 0 Å². The van der Waals surface area contributed by atoms with Crippen LogP contribution in [-0.2, 0) is 21.2 Å². The molecule has 3 rings (SSSR count). The van der Waals surface area contributed by atoms with Crippen LogP contribution in [-0.4, -0.2) is 38.0 Å². The molecule has 1 aliphatic rings. The third-order valence-electron chi connectivity index (χ3n) is 5.09. The third kappa shape index (κ3) is 5.40. The van der Waals surface area contributed by atoms with E-state index >= 15 is 0 Å². The first-order valence-corrected chi connectivity index (χ1v) is 11.1. The van der Waals surface area contributed by atoms with E-state index in [-0.39, 0.29) is 17.9 Å². The van der Waals surface area contributed by atoms with Crippen LogP contribution in [0, 0.1) is 5.92 Å². The summed E-state index contributed by atoms with van der Waals surface area (Å²) < 4.78 is 24.8. The Kier molecular flexibility index (Phi) is 6.29. The van der Waals surface area contributed by atoms with Crippen molar-refractivity contribution in [2.45, 2.75) is 25.3 Å². The molecule has 0 unspecified atom stereocenters. The molecule has 6 heteroatoms. The summed E-state index contributed by atoms with van der Waals surface area (Å²) in [6.45, 7) is 0.817. The predicted octanol–water partition coefficient (Wildman–Crippen LogP) is 2.76. The van der Waals surface area contributed by atoms with E-state index in [9.17, 15) is 13.2 Å². The first-order chi connectivity index (χ1) is 12.9. The van der Waals surface area contributed by atoms with Crippen LogP contribution in [0.3, 0.4) is 0 Å². The van der Waals surface area contributed by atoms with Gasteiger partial charge in [0.25, 0.3) is 0 Å². The number of amides is 1. The highest BCUT2D eigenvalue weighted by Crippen LogP contribution is 2.23. The van der Waals surface area contributed by atoms with E-state index in [1.807, 2.05) is 48.5 Å². The minimum Gasteiger partial charge on any atom is -0.349 e. The van der Waals surface area contributed by atoms with Crippen molar-refractivity contribution in [3.8, 4) is 0 Å². The molecule has 0 radical (unpaired) electrons. The Bertz CT molecular complexity index is 846. The molecule has 5 nitrogen and oxygen atoms in total. The molecule has 1 heterocycles. The minimum atomic E-state index is -3.18. The molecule has 0 aromatic heterocycles. The van der Waals surface area contributed by atoms with Gasteiger partial charge in [-0.05, 0) is 30.4 Å². The fourth-order valence-corrected chi connectivity index (χ4v) is 4.40. The summed E-state index contributed by atoms with van der Waals surface area (Å²) in [5, 5.41) is 3.20. The molecule has 1 saturated heterocycles. The van der Waals surface area contributed by atoms with Gasteiger partial charge in [0.15, 0.2) is 0 Å². The maximum atomic E-state index is 12.8. The summed E-state index contributed by atoms with van der Waals surface area (Å²) in [6, 6.07) is 20.0. The molecule has 1 N–H and O–H groups in total. The summed E-state index contributed by atoms with van der Waals surface area (Å²) in [6.07, 6.45) is 3.06. The van der Waals surface area contributed by atoms with Crippen molar-refractivity contribution in [1.29, 1.82) is 0 Å². The molecular formula is C21H26N2O3S. The Labute approximate surface area is 161 Å². The second-order valence-electron chi connectivity index (χ2n) is 7.10. The molecule has 0 bridgehead atoms. The number of benzene rings is 2. The van der Waals surface area contributed by atoms with Gasteiger partial charge in [-0.3, -0.25) is 4.79 Å². The highest BCUT2D eigenvalue weighted by Gasteiger charge is 2.30. The molecular weight excluding hydrogens is 360 g/mol. The molecule has 0 spiro atoms. The second-order valence-corrected chi connectivity index (χ2v) is 9.08. The van der Waals surface area contributed by atoms with E-state index in [1.165, 1.54) is 16.1 Å². The Morgan fingerprint density at radius 3 is 2.15 bits per heavy atom. The van der Waals surface area contributed by atoms with Crippen LogP contribution in [0.5, 0.6) is 0 Å². The van der Waals surface area contributed by atoms with Crippen molar-refractivity contribution in [1.82, 2.24) is 9.62 Å². The maximum Gasteiger partial charge on any atom is 0.223 e. The van der Waals surface area contributed by atoms with Gasteiger partial charge in [0.2, 0.25) is 15.9 Å². The number of hydrogen-bond donors (Lipinski definition) is 1. The van der Waals surface area contributed by atoms with E-state index in [1.54, 1.807) is 0 Å². The number of rotatable bonds is 6. The van der Waals surface area contributed by atoms with Crippen LogP contribution in [0.1, 0.15) is 30.0 Å². The van der Waals surface area contributed by atoms with Crippen LogP contribution < -0.4 is 5.32 Å². The second kappa shape index (κ2) is 8.67. The number of nitrogens with one attached hydrogen (secondary N) is 1. The maximum absolute atomic E-state index is 12.8. The van der Waals surface area contributed by atoms with Gasteiger partial charge >= 0.3 is 0 Å². The lowest BCUT2D eigenvalue weighted by molar-refractivity contribution is -0.126. The highest BCUT2D eigenvalue weighted by atomic mass is 32.2. The number of carbonyl (C=O) groups is 1. The number of carbonyl (C=O) groups excluding carboxylic acids is 1. The molecule has 1 amide bonds. The fraction of sp³-hybridized carbons (Fsp3) is 0.381. The molecule has 1 aliphatic heterocycles. The molecule has 144 valence electrons.